The van der Waals surface area contributed by atoms with Crippen LogP contribution in [0.5, 0.6) is 5.75 Å². The van der Waals surface area contributed by atoms with Crippen LogP contribution >= 0.6 is 0 Å². The summed E-state index contributed by atoms with van der Waals surface area (Å²) in [7, 11) is 2.11. The molecular weight excluding hydrogens is 316 g/mol. The number of hydrogen-bond acceptors (Lipinski definition) is 4. The van der Waals surface area contributed by atoms with Crippen LogP contribution in [0.25, 0.3) is 0 Å². The molecule has 1 unspecified atom stereocenters. The maximum Gasteiger partial charge on any atom is 0.251 e. The molecule has 1 atom stereocenters. The van der Waals surface area contributed by atoms with Crippen LogP contribution in [0.3, 0.4) is 0 Å². The summed E-state index contributed by atoms with van der Waals surface area (Å²) in [5, 5.41) is 3.10. The molecule has 0 aromatic heterocycles. The van der Waals surface area contributed by atoms with Gasteiger partial charge in [0.1, 0.15) is 11.9 Å². The Hall–Kier alpha value is -1.85. The van der Waals surface area contributed by atoms with E-state index < -0.39 is 0 Å². The zero-order valence-corrected chi connectivity index (χ0v) is 15.2. The first kappa shape index (κ1) is 18.0. The summed E-state index contributed by atoms with van der Waals surface area (Å²) in [4.78, 5) is 14.7. The van der Waals surface area contributed by atoms with Crippen molar-refractivity contribution >= 4 is 5.91 Å². The van der Waals surface area contributed by atoms with E-state index in [1.54, 1.807) is 0 Å². The summed E-state index contributed by atoms with van der Waals surface area (Å²) in [6, 6.07) is 7.49. The van der Waals surface area contributed by atoms with Gasteiger partial charge in [0.25, 0.3) is 5.91 Å². The number of likely N-dealkylation sites (N-methyl/N-ethyl adjacent to an activating group) is 1. The lowest BCUT2D eigenvalue weighted by atomic mass is 10.0. The highest BCUT2D eigenvalue weighted by Crippen LogP contribution is 2.19. The number of nitrogens with zero attached hydrogens (tertiary/aromatic N) is 1. The number of carbonyl (C=O) groups is 1. The zero-order chi connectivity index (χ0) is 17.6. The Balaban J connectivity index is 1.53. The van der Waals surface area contributed by atoms with Gasteiger partial charge in [-0.25, -0.2) is 0 Å². The fourth-order valence-electron chi connectivity index (χ4n) is 3.22. The minimum absolute atomic E-state index is 0.0371. The minimum Gasteiger partial charge on any atom is -0.490 e. The monoisotopic (exact) mass is 344 g/mol. The van der Waals surface area contributed by atoms with Crippen molar-refractivity contribution in [3.63, 3.8) is 0 Å². The van der Waals surface area contributed by atoms with E-state index in [0.717, 1.165) is 51.3 Å². The lowest BCUT2D eigenvalue weighted by Gasteiger charge is -2.26. The van der Waals surface area contributed by atoms with Crippen molar-refractivity contribution in [2.24, 2.45) is 0 Å². The van der Waals surface area contributed by atoms with Crippen molar-refractivity contribution in [3.8, 4) is 5.75 Å². The minimum atomic E-state index is -0.0371. The van der Waals surface area contributed by atoms with Gasteiger partial charge >= 0.3 is 0 Å². The SMILES string of the molecule is CC(NC(=O)c1ccc(OC2CCOCC2)cc1)C1=CCN(C)CC1. The van der Waals surface area contributed by atoms with Crippen LogP contribution in [0.2, 0.25) is 0 Å². The highest BCUT2D eigenvalue weighted by atomic mass is 16.5. The molecule has 5 heteroatoms. The fraction of sp³-hybridized carbons (Fsp3) is 0.550. The predicted molar refractivity (Wildman–Crippen MR) is 98.0 cm³/mol. The summed E-state index contributed by atoms with van der Waals surface area (Å²) < 4.78 is 11.3. The molecule has 0 spiro atoms. The van der Waals surface area contributed by atoms with Gasteiger partial charge in [0.05, 0.1) is 13.2 Å². The van der Waals surface area contributed by atoms with Crippen molar-refractivity contribution < 1.29 is 14.3 Å². The summed E-state index contributed by atoms with van der Waals surface area (Å²) in [5.41, 5.74) is 1.98. The first-order valence-corrected chi connectivity index (χ1v) is 9.14. The quantitative estimate of drug-likeness (QED) is 0.835. The largest absolute Gasteiger partial charge is 0.490 e. The normalized spacial score (nSPS) is 20.6. The molecule has 1 N–H and O–H groups in total. The lowest BCUT2D eigenvalue weighted by molar-refractivity contribution is 0.0256. The van der Waals surface area contributed by atoms with Crippen molar-refractivity contribution in [1.29, 1.82) is 0 Å². The fourth-order valence-corrected chi connectivity index (χ4v) is 3.22. The molecule has 3 rings (SSSR count). The average molecular weight is 344 g/mol. The van der Waals surface area contributed by atoms with E-state index in [1.165, 1.54) is 5.57 Å². The molecule has 1 saturated heterocycles. The van der Waals surface area contributed by atoms with Crippen LogP contribution in [0.15, 0.2) is 35.9 Å². The van der Waals surface area contributed by atoms with Crippen LogP contribution in [0.4, 0.5) is 0 Å². The number of hydrogen-bond donors (Lipinski definition) is 1. The summed E-state index contributed by atoms with van der Waals surface area (Å²) in [6.07, 6.45) is 5.29. The second-order valence-corrected chi connectivity index (χ2v) is 6.94. The van der Waals surface area contributed by atoms with E-state index in [-0.39, 0.29) is 18.1 Å². The Morgan fingerprint density at radius 2 is 2.00 bits per heavy atom. The van der Waals surface area contributed by atoms with Crippen molar-refractivity contribution in [1.82, 2.24) is 10.2 Å². The third kappa shape index (κ3) is 5.06. The Bertz CT molecular complexity index is 606. The zero-order valence-electron chi connectivity index (χ0n) is 15.2. The van der Waals surface area contributed by atoms with Crippen LogP contribution in [0, 0.1) is 0 Å². The smallest absolute Gasteiger partial charge is 0.251 e. The molecule has 1 amide bonds. The summed E-state index contributed by atoms with van der Waals surface area (Å²) in [5.74, 6) is 0.777. The van der Waals surface area contributed by atoms with Crippen LogP contribution in [-0.4, -0.2) is 56.3 Å². The maximum atomic E-state index is 12.5. The predicted octanol–water partition coefficient (Wildman–Crippen LogP) is 2.62. The molecule has 0 bridgehead atoms. The molecule has 136 valence electrons. The van der Waals surface area contributed by atoms with E-state index >= 15 is 0 Å². The molecule has 1 aromatic rings. The van der Waals surface area contributed by atoms with Crippen LogP contribution in [-0.2, 0) is 4.74 Å². The van der Waals surface area contributed by atoms with E-state index in [4.69, 9.17) is 9.47 Å². The van der Waals surface area contributed by atoms with Gasteiger partial charge in [-0.15, -0.1) is 0 Å². The lowest BCUT2D eigenvalue weighted by Crippen LogP contribution is -2.37. The molecule has 1 fully saturated rings. The number of rotatable bonds is 5. The molecule has 25 heavy (non-hydrogen) atoms. The Kier molecular flexibility index (Phi) is 6.10. The van der Waals surface area contributed by atoms with Gasteiger partial charge in [-0.3, -0.25) is 4.79 Å². The summed E-state index contributed by atoms with van der Waals surface area (Å²) in [6.45, 7) is 5.57. The second-order valence-electron chi connectivity index (χ2n) is 6.94. The average Bonchev–Trinajstić information content (AvgIpc) is 2.63. The number of nitrogens with one attached hydrogen (secondary N) is 1. The van der Waals surface area contributed by atoms with Crippen molar-refractivity contribution in [2.75, 3.05) is 33.4 Å². The topological polar surface area (TPSA) is 50.8 Å². The molecule has 2 aliphatic heterocycles. The Morgan fingerprint density at radius 1 is 1.28 bits per heavy atom. The van der Waals surface area contributed by atoms with Gasteiger partial charge in [-0.05, 0) is 50.2 Å². The molecule has 5 nitrogen and oxygen atoms in total. The van der Waals surface area contributed by atoms with Gasteiger partial charge < -0.3 is 19.7 Å². The Morgan fingerprint density at radius 3 is 2.64 bits per heavy atom. The van der Waals surface area contributed by atoms with Crippen LogP contribution < -0.4 is 10.1 Å². The summed E-state index contributed by atoms with van der Waals surface area (Å²) >= 11 is 0. The second kappa shape index (κ2) is 8.50. The standard InChI is InChI=1S/C20H28N2O3/c1-15(16-7-11-22(2)12-8-16)21-20(23)17-3-5-18(6-4-17)25-19-9-13-24-14-10-19/h3-7,15,19H,8-14H2,1-2H3,(H,21,23). The maximum absolute atomic E-state index is 12.5. The van der Waals surface area contributed by atoms with E-state index in [1.807, 2.05) is 24.3 Å². The Labute approximate surface area is 150 Å². The van der Waals surface area contributed by atoms with E-state index in [2.05, 4.69) is 30.3 Å². The van der Waals surface area contributed by atoms with Crippen molar-refractivity contribution in [3.05, 3.63) is 41.5 Å². The number of amides is 1. The molecule has 2 aliphatic rings. The number of ether oxygens (including phenoxy) is 2. The molecule has 2 heterocycles. The molecule has 1 aromatic carbocycles. The van der Waals surface area contributed by atoms with E-state index in [9.17, 15) is 4.79 Å². The third-order valence-electron chi connectivity index (χ3n) is 4.94. The first-order chi connectivity index (χ1) is 12.1. The molecule has 0 radical (unpaired) electrons. The van der Waals surface area contributed by atoms with Crippen LogP contribution in [0.1, 0.15) is 36.5 Å². The van der Waals surface area contributed by atoms with Gasteiger partial charge in [0, 0.05) is 37.5 Å². The number of carbonyl (C=O) groups excluding carboxylic acids is 1. The van der Waals surface area contributed by atoms with Crippen molar-refractivity contribution in [2.45, 2.75) is 38.3 Å². The molecule has 0 saturated carbocycles. The first-order valence-electron chi connectivity index (χ1n) is 9.14. The van der Waals surface area contributed by atoms with Gasteiger partial charge in [-0.1, -0.05) is 6.08 Å². The highest BCUT2D eigenvalue weighted by Gasteiger charge is 2.18. The van der Waals surface area contributed by atoms with E-state index in [0.29, 0.717) is 5.56 Å². The molecular formula is C20H28N2O3. The van der Waals surface area contributed by atoms with Gasteiger partial charge in [0.15, 0.2) is 0 Å². The highest BCUT2D eigenvalue weighted by molar-refractivity contribution is 5.94. The number of benzene rings is 1. The third-order valence-corrected chi connectivity index (χ3v) is 4.94. The molecule has 0 aliphatic carbocycles. The van der Waals surface area contributed by atoms with Gasteiger partial charge in [-0.2, -0.15) is 0 Å². The van der Waals surface area contributed by atoms with Gasteiger partial charge in [0.2, 0.25) is 0 Å².